The normalized spacial score (nSPS) is 14.8. The van der Waals surface area contributed by atoms with Crippen LogP contribution < -0.4 is 0 Å². The molecule has 1 fully saturated rings. The van der Waals surface area contributed by atoms with Gasteiger partial charge in [-0.1, -0.05) is 36.6 Å². The van der Waals surface area contributed by atoms with Crippen molar-refractivity contribution in [2.75, 3.05) is 13.2 Å². The fourth-order valence-electron chi connectivity index (χ4n) is 2.90. The summed E-state index contributed by atoms with van der Waals surface area (Å²) in [6.45, 7) is 2.52. The zero-order chi connectivity index (χ0) is 15.9. The molecule has 0 unspecified atom stereocenters. The van der Waals surface area contributed by atoms with Gasteiger partial charge in [0.1, 0.15) is 0 Å². The summed E-state index contributed by atoms with van der Waals surface area (Å²) < 4.78 is 4.96. The molecule has 0 radical (unpaired) electrons. The maximum absolute atomic E-state index is 12.8. The first kappa shape index (κ1) is 16.8. The Labute approximate surface area is 136 Å². The summed E-state index contributed by atoms with van der Waals surface area (Å²) in [5, 5.41) is 0.451. The highest BCUT2D eigenvalue weighted by Gasteiger charge is 2.28. The topological polar surface area (TPSA) is 46.6 Å². The lowest BCUT2D eigenvalue weighted by atomic mass is 10.1. The molecule has 22 heavy (non-hydrogen) atoms. The largest absolute Gasteiger partial charge is 0.466 e. The van der Waals surface area contributed by atoms with Gasteiger partial charge in [0.25, 0.3) is 5.91 Å². The van der Waals surface area contributed by atoms with Crippen molar-refractivity contribution in [2.24, 2.45) is 0 Å². The van der Waals surface area contributed by atoms with Gasteiger partial charge in [0.2, 0.25) is 0 Å². The summed E-state index contributed by atoms with van der Waals surface area (Å²) in [6.07, 6.45) is 4.44. The summed E-state index contributed by atoms with van der Waals surface area (Å²) in [5.41, 5.74) is 0.500. The molecule has 1 aromatic carbocycles. The number of hydrogen-bond donors (Lipinski definition) is 0. The predicted octanol–water partition coefficient (Wildman–Crippen LogP) is 3.68. The molecule has 0 aromatic heterocycles. The molecular weight excluding hydrogens is 302 g/mol. The van der Waals surface area contributed by atoms with Gasteiger partial charge in [-0.3, -0.25) is 9.59 Å². The number of esters is 1. The van der Waals surface area contributed by atoms with Crippen LogP contribution in [0, 0.1) is 0 Å². The minimum atomic E-state index is -0.266. The third-order valence-corrected chi connectivity index (χ3v) is 4.32. The van der Waals surface area contributed by atoms with Crippen molar-refractivity contribution in [1.29, 1.82) is 0 Å². The molecule has 0 bridgehead atoms. The first-order valence-corrected chi connectivity index (χ1v) is 8.22. The number of rotatable bonds is 6. The summed E-state index contributed by atoms with van der Waals surface area (Å²) >= 11 is 6.14. The first-order valence-electron chi connectivity index (χ1n) is 7.84. The van der Waals surface area contributed by atoms with Gasteiger partial charge in [-0.2, -0.15) is 0 Å². The number of hydrogen-bond acceptors (Lipinski definition) is 3. The summed E-state index contributed by atoms with van der Waals surface area (Å²) in [5.74, 6) is -0.362. The van der Waals surface area contributed by atoms with Crippen LogP contribution in [0.3, 0.4) is 0 Å². The quantitative estimate of drug-likeness (QED) is 0.750. The smallest absolute Gasteiger partial charge is 0.307 e. The van der Waals surface area contributed by atoms with Gasteiger partial charge in [0.05, 0.1) is 23.6 Å². The molecule has 1 aromatic rings. The van der Waals surface area contributed by atoms with Crippen molar-refractivity contribution in [3.8, 4) is 0 Å². The standard InChI is InChI=1S/C17H22ClNO3/c1-2-22-16(20)11-12-19(13-7-3-4-8-13)17(21)14-9-5-6-10-15(14)18/h5-6,9-10,13H,2-4,7-8,11-12H2,1H3. The molecule has 2 rings (SSSR count). The van der Waals surface area contributed by atoms with Crippen LogP contribution in [0.5, 0.6) is 0 Å². The molecular formula is C17H22ClNO3. The van der Waals surface area contributed by atoms with Crippen molar-refractivity contribution in [2.45, 2.75) is 45.1 Å². The van der Waals surface area contributed by atoms with E-state index in [0.717, 1.165) is 25.7 Å². The monoisotopic (exact) mass is 323 g/mol. The van der Waals surface area contributed by atoms with Gasteiger partial charge >= 0.3 is 5.97 Å². The molecule has 0 N–H and O–H groups in total. The van der Waals surface area contributed by atoms with Crippen molar-refractivity contribution >= 4 is 23.5 Å². The van der Waals surface area contributed by atoms with Gasteiger partial charge in [-0.25, -0.2) is 0 Å². The third kappa shape index (κ3) is 4.23. The number of nitrogens with zero attached hydrogens (tertiary/aromatic N) is 1. The number of halogens is 1. The zero-order valence-corrected chi connectivity index (χ0v) is 13.6. The number of carbonyl (C=O) groups excluding carboxylic acids is 2. The van der Waals surface area contributed by atoms with Crippen molar-refractivity contribution in [1.82, 2.24) is 4.90 Å². The average molecular weight is 324 g/mol. The van der Waals surface area contributed by atoms with Gasteiger partial charge in [-0.15, -0.1) is 0 Å². The molecule has 1 aliphatic rings. The van der Waals surface area contributed by atoms with E-state index < -0.39 is 0 Å². The van der Waals surface area contributed by atoms with E-state index in [4.69, 9.17) is 16.3 Å². The van der Waals surface area contributed by atoms with E-state index >= 15 is 0 Å². The number of benzene rings is 1. The van der Waals surface area contributed by atoms with Crippen molar-refractivity contribution in [3.05, 3.63) is 34.9 Å². The van der Waals surface area contributed by atoms with E-state index in [9.17, 15) is 9.59 Å². The summed E-state index contributed by atoms with van der Waals surface area (Å²) in [4.78, 5) is 26.2. The number of carbonyl (C=O) groups is 2. The van der Waals surface area contributed by atoms with Crippen LogP contribution in [0.25, 0.3) is 0 Å². The highest BCUT2D eigenvalue weighted by molar-refractivity contribution is 6.33. The van der Waals surface area contributed by atoms with Gasteiger partial charge in [-0.05, 0) is 31.9 Å². The Kier molecular flexibility index (Phi) is 6.25. The average Bonchev–Trinajstić information content (AvgIpc) is 3.02. The summed E-state index contributed by atoms with van der Waals surface area (Å²) in [6, 6.07) is 7.25. The van der Waals surface area contributed by atoms with Crippen LogP contribution in [0.1, 0.15) is 49.4 Å². The van der Waals surface area contributed by atoms with Gasteiger partial charge < -0.3 is 9.64 Å². The number of ether oxygens (including phenoxy) is 1. The zero-order valence-electron chi connectivity index (χ0n) is 12.9. The molecule has 5 heteroatoms. The highest BCUT2D eigenvalue weighted by Crippen LogP contribution is 2.27. The maximum atomic E-state index is 12.8. The lowest BCUT2D eigenvalue weighted by Gasteiger charge is -2.29. The van der Waals surface area contributed by atoms with Crippen molar-refractivity contribution in [3.63, 3.8) is 0 Å². The third-order valence-electron chi connectivity index (χ3n) is 3.99. The Hall–Kier alpha value is -1.55. The molecule has 0 heterocycles. The van der Waals surface area contributed by atoms with Crippen LogP contribution in [0.4, 0.5) is 0 Å². The maximum Gasteiger partial charge on any atom is 0.307 e. The summed E-state index contributed by atoms with van der Waals surface area (Å²) in [7, 11) is 0. The molecule has 4 nitrogen and oxygen atoms in total. The van der Waals surface area contributed by atoms with Crippen molar-refractivity contribution < 1.29 is 14.3 Å². The molecule has 1 saturated carbocycles. The SMILES string of the molecule is CCOC(=O)CCN(C(=O)c1ccccc1Cl)C1CCCC1. The molecule has 0 saturated heterocycles. The molecule has 120 valence electrons. The van der Waals surface area contributed by atoms with E-state index in [-0.39, 0.29) is 24.3 Å². The van der Waals surface area contributed by atoms with Gasteiger partial charge in [0, 0.05) is 12.6 Å². The van der Waals surface area contributed by atoms with E-state index in [2.05, 4.69) is 0 Å². The fourth-order valence-corrected chi connectivity index (χ4v) is 3.12. The Bertz CT molecular complexity index is 526. The first-order chi connectivity index (χ1) is 10.6. The predicted molar refractivity (Wildman–Crippen MR) is 86.0 cm³/mol. The second-order valence-corrected chi connectivity index (χ2v) is 5.88. The second-order valence-electron chi connectivity index (χ2n) is 5.47. The molecule has 1 amide bonds. The highest BCUT2D eigenvalue weighted by atomic mass is 35.5. The van der Waals surface area contributed by atoms with Crippen LogP contribution in [-0.2, 0) is 9.53 Å². The van der Waals surface area contributed by atoms with E-state index in [1.807, 2.05) is 0 Å². The van der Waals surface area contributed by atoms with E-state index in [1.54, 1.807) is 36.1 Å². The lowest BCUT2D eigenvalue weighted by Crippen LogP contribution is -2.40. The Morgan fingerprint density at radius 3 is 2.59 bits per heavy atom. The molecule has 0 spiro atoms. The Morgan fingerprint density at radius 1 is 1.27 bits per heavy atom. The minimum absolute atomic E-state index is 0.0956. The van der Waals surface area contributed by atoms with Crippen LogP contribution >= 0.6 is 11.6 Å². The lowest BCUT2D eigenvalue weighted by molar-refractivity contribution is -0.143. The van der Waals surface area contributed by atoms with Crippen LogP contribution in [-0.4, -0.2) is 36.0 Å². The molecule has 1 aliphatic carbocycles. The van der Waals surface area contributed by atoms with Crippen LogP contribution in [0.15, 0.2) is 24.3 Å². The Balaban J connectivity index is 2.11. The Morgan fingerprint density at radius 2 is 1.95 bits per heavy atom. The van der Waals surface area contributed by atoms with Crippen LogP contribution in [0.2, 0.25) is 5.02 Å². The molecule has 0 atom stereocenters. The second kappa shape index (κ2) is 8.18. The fraction of sp³-hybridized carbons (Fsp3) is 0.529. The van der Waals surface area contributed by atoms with E-state index in [1.165, 1.54) is 0 Å². The van der Waals surface area contributed by atoms with E-state index in [0.29, 0.717) is 23.7 Å². The molecule has 0 aliphatic heterocycles. The minimum Gasteiger partial charge on any atom is -0.466 e. The number of amides is 1. The van der Waals surface area contributed by atoms with Gasteiger partial charge in [0.15, 0.2) is 0 Å².